The SMILES string of the molecule is CCOc1ccc(N2C(=O)C(C)SC2=NS(=O)(=O)c2ccc(C)cc2)cc1. The zero-order chi connectivity index (χ0) is 19.6. The first kappa shape index (κ1) is 19.4. The molecule has 0 N–H and O–H groups in total. The highest BCUT2D eigenvalue weighted by Crippen LogP contribution is 2.33. The number of benzene rings is 2. The number of sulfonamides is 1. The smallest absolute Gasteiger partial charge is 0.284 e. The minimum Gasteiger partial charge on any atom is -0.494 e. The number of aryl methyl sites for hydroxylation is 1. The number of rotatable bonds is 5. The van der Waals surface area contributed by atoms with Crippen LogP contribution in [-0.2, 0) is 14.8 Å². The van der Waals surface area contributed by atoms with Crippen molar-refractivity contribution in [3.63, 3.8) is 0 Å². The summed E-state index contributed by atoms with van der Waals surface area (Å²) in [6.45, 7) is 6.03. The number of amides is 1. The van der Waals surface area contributed by atoms with Crippen molar-refractivity contribution < 1.29 is 17.9 Å². The molecule has 1 unspecified atom stereocenters. The highest BCUT2D eigenvalue weighted by atomic mass is 32.2. The summed E-state index contributed by atoms with van der Waals surface area (Å²) in [5.74, 6) is 0.473. The minimum atomic E-state index is -3.92. The molecule has 1 aliphatic heterocycles. The lowest BCUT2D eigenvalue weighted by atomic mass is 10.2. The van der Waals surface area contributed by atoms with E-state index in [9.17, 15) is 13.2 Å². The average molecular weight is 405 g/mol. The van der Waals surface area contributed by atoms with E-state index in [1.54, 1.807) is 43.3 Å². The minimum absolute atomic E-state index is 0.0971. The molecule has 1 fully saturated rings. The zero-order valence-corrected chi connectivity index (χ0v) is 16.9. The highest BCUT2D eigenvalue weighted by molar-refractivity contribution is 8.16. The molecule has 1 amide bonds. The van der Waals surface area contributed by atoms with Gasteiger partial charge in [0, 0.05) is 0 Å². The van der Waals surface area contributed by atoms with Gasteiger partial charge in [0.15, 0.2) is 5.17 Å². The van der Waals surface area contributed by atoms with Crippen molar-refractivity contribution in [2.45, 2.75) is 30.9 Å². The van der Waals surface area contributed by atoms with Gasteiger partial charge in [-0.25, -0.2) is 0 Å². The Morgan fingerprint density at radius 2 is 1.74 bits per heavy atom. The maximum Gasteiger partial charge on any atom is 0.284 e. The monoisotopic (exact) mass is 404 g/mol. The fourth-order valence-electron chi connectivity index (χ4n) is 2.56. The van der Waals surface area contributed by atoms with Crippen LogP contribution < -0.4 is 9.64 Å². The van der Waals surface area contributed by atoms with Gasteiger partial charge < -0.3 is 4.74 Å². The van der Waals surface area contributed by atoms with E-state index in [-0.39, 0.29) is 16.0 Å². The third-order valence-electron chi connectivity index (χ3n) is 3.96. The van der Waals surface area contributed by atoms with E-state index in [2.05, 4.69) is 4.40 Å². The third-order valence-corrected chi connectivity index (χ3v) is 6.40. The van der Waals surface area contributed by atoms with Crippen LogP contribution in [0.1, 0.15) is 19.4 Å². The Hall–Kier alpha value is -2.32. The van der Waals surface area contributed by atoms with Crippen LogP contribution in [0.3, 0.4) is 0 Å². The van der Waals surface area contributed by atoms with Crippen LogP contribution in [-0.4, -0.2) is 31.3 Å². The molecule has 6 nitrogen and oxygen atoms in total. The highest BCUT2D eigenvalue weighted by Gasteiger charge is 2.37. The molecule has 0 saturated carbocycles. The molecular weight excluding hydrogens is 384 g/mol. The van der Waals surface area contributed by atoms with Crippen LogP contribution in [0.5, 0.6) is 5.75 Å². The molecule has 27 heavy (non-hydrogen) atoms. The van der Waals surface area contributed by atoms with Crippen LogP contribution in [0.25, 0.3) is 0 Å². The molecule has 1 saturated heterocycles. The number of thioether (sulfide) groups is 1. The van der Waals surface area contributed by atoms with Gasteiger partial charge in [0.2, 0.25) is 5.91 Å². The van der Waals surface area contributed by atoms with E-state index >= 15 is 0 Å². The summed E-state index contributed by atoms with van der Waals surface area (Å²) in [7, 11) is -3.92. The van der Waals surface area contributed by atoms with Gasteiger partial charge in [0.1, 0.15) is 5.75 Å². The number of anilines is 1. The fraction of sp³-hybridized carbons (Fsp3) is 0.263. The molecule has 0 aromatic heterocycles. The second-order valence-corrected chi connectivity index (χ2v) is 8.93. The summed E-state index contributed by atoms with van der Waals surface area (Å²) in [6.07, 6.45) is 0. The molecular formula is C19H20N2O4S2. The maximum absolute atomic E-state index is 12.7. The van der Waals surface area contributed by atoms with Crippen molar-refractivity contribution in [3.05, 3.63) is 54.1 Å². The lowest BCUT2D eigenvalue weighted by Crippen LogP contribution is -2.31. The second-order valence-electron chi connectivity index (χ2n) is 6.02. The number of nitrogens with zero attached hydrogens (tertiary/aromatic N) is 2. The maximum atomic E-state index is 12.7. The lowest BCUT2D eigenvalue weighted by Gasteiger charge is -2.16. The first-order valence-corrected chi connectivity index (χ1v) is 10.8. The first-order chi connectivity index (χ1) is 12.8. The summed E-state index contributed by atoms with van der Waals surface area (Å²) in [4.78, 5) is 14.0. The number of ether oxygens (including phenoxy) is 1. The Morgan fingerprint density at radius 3 is 2.33 bits per heavy atom. The van der Waals surface area contributed by atoms with Gasteiger partial charge in [-0.1, -0.05) is 29.5 Å². The van der Waals surface area contributed by atoms with Crippen molar-refractivity contribution in [1.82, 2.24) is 0 Å². The summed E-state index contributed by atoms with van der Waals surface area (Å²) >= 11 is 1.13. The Kier molecular flexibility index (Phi) is 5.57. The molecule has 3 rings (SSSR count). The molecule has 0 aliphatic carbocycles. The van der Waals surface area contributed by atoms with E-state index in [0.717, 1.165) is 17.3 Å². The first-order valence-electron chi connectivity index (χ1n) is 8.47. The molecule has 2 aromatic rings. The van der Waals surface area contributed by atoms with E-state index in [1.165, 1.54) is 17.0 Å². The molecule has 1 atom stereocenters. The molecule has 2 aromatic carbocycles. The Balaban J connectivity index is 1.98. The summed E-state index contributed by atoms with van der Waals surface area (Å²) in [5.41, 5.74) is 1.51. The predicted octanol–water partition coefficient (Wildman–Crippen LogP) is 3.61. The van der Waals surface area contributed by atoms with Crippen LogP contribution in [0.15, 0.2) is 57.8 Å². The van der Waals surface area contributed by atoms with E-state index in [0.29, 0.717) is 18.0 Å². The zero-order valence-electron chi connectivity index (χ0n) is 15.2. The van der Waals surface area contributed by atoms with Crippen LogP contribution in [0, 0.1) is 6.92 Å². The van der Waals surface area contributed by atoms with Crippen molar-refractivity contribution in [3.8, 4) is 5.75 Å². The number of hydrogen-bond acceptors (Lipinski definition) is 5. The Bertz CT molecular complexity index is 968. The number of carbonyl (C=O) groups is 1. The normalized spacial score (nSPS) is 18.9. The van der Waals surface area contributed by atoms with Gasteiger partial charge in [-0.2, -0.15) is 8.42 Å². The number of amidine groups is 1. The van der Waals surface area contributed by atoms with Crippen molar-refractivity contribution in [1.29, 1.82) is 0 Å². The third kappa shape index (κ3) is 4.17. The molecule has 0 radical (unpaired) electrons. The number of carbonyl (C=O) groups excluding carboxylic acids is 1. The van der Waals surface area contributed by atoms with Crippen LogP contribution >= 0.6 is 11.8 Å². The molecule has 142 valence electrons. The summed E-state index contributed by atoms with van der Waals surface area (Å²) < 4.78 is 34.7. The molecule has 1 heterocycles. The standard InChI is InChI=1S/C19H20N2O4S2/c1-4-25-16-9-7-15(8-10-16)21-18(22)14(3)26-19(21)20-27(23,24)17-11-5-13(2)6-12-17/h5-12,14H,4H2,1-3H3. The van der Waals surface area contributed by atoms with Gasteiger partial charge in [0.05, 0.1) is 22.4 Å². The van der Waals surface area contributed by atoms with Crippen LogP contribution in [0.2, 0.25) is 0 Å². The molecule has 0 bridgehead atoms. The topological polar surface area (TPSA) is 76.0 Å². The second kappa shape index (κ2) is 7.74. The molecule has 0 spiro atoms. The van der Waals surface area contributed by atoms with Gasteiger partial charge in [-0.3, -0.25) is 9.69 Å². The predicted molar refractivity (Wildman–Crippen MR) is 108 cm³/mol. The fourth-order valence-corrected chi connectivity index (χ4v) is 4.72. The van der Waals surface area contributed by atoms with E-state index < -0.39 is 15.3 Å². The summed E-state index contributed by atoms with van der Waals surface area (Å²) in [6, 6.07) is 13.4. The Labute approximate surface area is 163 Å². The average Bonchev–Trinajstić information content (AvgIpc) is 2.89. The van der Waals surface area contributed by atoms with Crippen molar-refractivity contribution >= 4 is 38.5 Å². The van der Waals surface area contributed by atoms with Gasteiger partial charge in [-0.15, -0.1) is 4.40 Å². The summed E-state index contributed by atoms with van der Waals surface area (Å²) in [5, 5.41) is -0.263. The molecule has 1 aliphatic rings. The van der Waals surface area contributed by atoms with Crippen LogP contribution in [0.4, 0.5) is 5.69 Å². The molecule has 8 heteroatoms. The number of hydrogen-bond donors (Lipinski definition) is 0. The lowest BCUT2D eigenvalue weighted by molar-refractivity contribution is -0.116. The Morgan fingerprint density at radius 1 is 1.11 bits per heavy atom. The van der Waals surface area contributed by atoms with Gasteiger partial charge in [0.25, 0.3) is 10.0 Å². The quantitative estimate of drug-likeness (QED) is 0.761. The van der Waals surface area contributed by atoms with E-state index in [4.69, 9.17) is 4.74 Å². The van der Waals surface area contributed by atoms with Gasteiger partial charge >= 0.3 is 0 Å². The largest absolute Gasteiger partial charge is 0.494 e. The van der Waals surface area contributed by atoms with E-state index in [1.807, 2.05) is 13.8 Å². The van der Waals surface area contributed by atoms with Crippen molar-refractivity contribution in [2.75, 3.05) is 11.5 Å². The van der Waals surface area contributed by atoms with Gasteiger partial charge in [-0.05, 0) is 57.2 Å². The van der Waals surface area contributed by atoms with Crippen molar-refractivity contribution in [2.24, 2.45) is 4.40 Å².